The third-order valence-electron chi connectivity index (χ3n) is 5.75. The van der Waals surface area contributed by atoms with Crippen LogP contribution in [0.1, 0.15) is 33.2 Å². The van der Waals surface area contributed by atoms with Crippen molar-refractivity contribution in [2.75, 3.05) is 17.7 Å². The van der Waals surface area contributed by atoms with Crippen molar-refractivity contribution in [3.05, 3.63) is 129 Å². The van der Waals surface area contributed by atoms with E-state index in [-0.39, 0.29) is 17.2 Å². The van der Waals surface area contributed by atoms with Crippen LogP contribution in [0.15, 0.2) is 108 Å². The van der Waals surface area contributed by atoms with E-state index in [1.165, 1.54) is 11.8 Å². The lowest BCUT2D eigenvalue weighted by molar-refractivity contribution is -0.113. The lowest BCUT2D eigenvalue weighted by Crippen LogP contribution is -2.30. The predicted molar refractivity (Wildman–Crippen MR) is 166 cm³/mol. The maximum atomic E-state index is 13.3. The fraction of sp³-hybridized carbons (Fsp3) is 0.0938. The second-order valence-corrected chi connectivity index (χ2v) is 10.6. The van der Waals surface area contributed by atoms with Crippen LogP contribution in [-0.2, 0) is 4.79 Å². The number of amides is 2. The number of carbonyl (C=O) groups is 3. The van der Waals surface area contributed by atoms with Gasteiger partial charge in [-0.1, -0.05) is 53.5 Å². The molecule has 0 aliphatic carbocycles. The molecule has 2 amide bonds. The summed E-state index contributed by atoms with van der Waals surface area (Å²) < 4.78 is 5.49. The smallest absolute Gasteiger partial charge is 0.272 e. The molecule has 0 bridgehead atoms. The molecule has 4 aromatic rings. The van der Waals surface area contributed by atoms with E-state index in [0.717, 1.165) is 4.90 Å². The molecule has 0 aliphatic rings. The van der Waals surface area contributed by atoms with Crippen LogP contribution in [0.4, 0.5) is 5.69 Å². The van der Waals surface area contributed by atoms with E-state index < -0.39 is 11.8 Å². The number of ketones is 1. The van der Waals surface area contributed by atoms with E-state index in [2.05, 4.69) is 10.6 Å². The summed E-state index contributed by atoms with van der Waals surface area (Å²) in [7, 11) is 0. The van der Waals surface area contributed by atoms with Crippen molar-refractivity contribution in [2.45, 2.75) is 11.8 Å². The minimum Gasteiger partial charge on any atom is -0.494 e. The van der Waals surface area contributed by atoms with Gasteiger partial charge in [-0.2, -0.15) is 0 Å². The highest BCUT2D eigenvalue weighted by Gasteiger charge is 2.15. The molecule has 41 heavy (non-hydrogen) atoms. The summed E-state index contributed by atoms with van der Waals surface area (Å²) >= 11 is 13.3. The maximum Gasteiger partial charge on any atom is 0.272 e. The molecule has 0 aliphatic heterocycles. The van der Waals surface area contributed by atoms with Crippen molar-refractivity contribution in [2.24, 2.45) is 0 Å². The number of ether oxygens (including phenoxy) is 1. The van der Waals surface area contributed by atoms with Gasteiger partial charge in [-0.25, -0.2) is 0 Å². The van der Waals surface area contributed by atoms with Crippen molar-refractivity contribution in [1.29, 1.82) is 0 Å². The molecule has 0 unspecified atom stereocenters. The number of Topliss-reactive ketones (excluding diaryl/α,β-unsaturated/α-hetero) is 1. The van der Waals surface area contributed by atoms with Crippen LogP contribution in [0.25, 0.3) is 6.08 Å². The predicted octanol–water partition coefficient (Wildman–Crippen LogP) is 7.78. The fourth-order valence-electron chi connectivity index (χ4n) is 3.67. The van der Waals surface area contributed by atoms with Gasteiger partial charge in [-0.15, -0.1) is 11.8 Å². The van der Waals surface area contributed by atoms with Gasteiger partial charge in [0.05, 0.1) is 22.4 Å². The first-order chi connectivity index (χ1) is 19.8. The third-order valence-corrected chi connectivity index (χ3v) is 7.51. The number of carbonyl (C=O) groups excluding carboxylic acids is 3. The molecule has 4 rings (SSSR count). The quantitative estimate of drug-likeness (QED) is 0.104. The minimum atomic E-state index is -0.488. The Balaban J connectivity index is 1.44. The number of nitrogens with one attached hydrogen (secondary N) is 2. The molecule has 4 aromatic carbocycles. The molecule has 6 nitrogen and oxygen atoms in total. The number of halogens is 2. The Kier molecular flexibility index (Phi) is 10.6. The van der Waals surface area contributed by atoms with Crippen molar-refractivity contribution in [3.63, 3.8) is 0 Å². The normalized spacial score (nSPS) is 11.0. The lowest BCUT2D eigenvalue weighted by Gasteiger charge is -2.12. The molecule has 0 saturated carbocycles. The molecule has 0 spiro atoms. The highest BCUT2D eigenvalue weighted by molar-refractivity contribution is 8.00. The Bertz CT molecular complexity index is 1560. The Hall–Kier alpha value is -4.04. The van der Waals surface area contributed by atoms with Gasteiger partial charge in [0.15, 0.2) is 5.78 Å². The maximum absolute atomic E-state index is 13.3. The Morgan fingerprint density at radius 1 is 0.829 bits per heavy atom. The first kappa shape index (κ1) is 29.9. The zero-order chi connectivity index (χ0) is 29.2. The summed E-state index contributed by atoms with van der Waals surface area (Å²) in [5, 5.41) is 6.28. The van der Waals surface area contributed by atoms with Gasteiger partial charge in [0.2, 0.25) is 0 Å². The second-order valence-electron chi connectivity index (χ2n) is 8.70. The molecular formula is C32H26Cl2N2O4S. The molecule has 0 heterocycles. The summed E-state index contributed by atoms with van der Waals surface area (Å²) in [4.78, 5) is 39.5. The number of hydrogen-bond donors (Lipinski definition) is 2. The largest absolute Gasteiger partial charge is 0.494 e. The van der Waals surface area contributed by atoms with E-state index in [4.69, 9.17) is 27.9 Å². The Morgan fingerprint density at radius 3 is 2.20 bits per heavy atom. The molecule has 208 valence electrons. The molecule has 9 heteroatoms. The molecule has 0 atom stereocenters. The average molecular weight is 606 g/mol. The summed E-state index contributed by atoms with van der Waals surface area (Å²) in [5.41, 5.74) is 2.23. The number of rotatable bonds is 11. The molecule has 0 saturated heterocycles. The highest BCUT2D eigenvalue weighted by Crippen LogP contribution is 2.25. The van der Waals surface area contributed by atoms with E-state index in [0.29, 0.717) is 44.8 Å². The van der Waals surface area contributed by atoms with Crippen LogP contribution < -0.4 is 15.4 Å². The SMILES string of the molecule is CCOc1ccc(/C=C(\NC(=O)c2ccccc2)C(=O)Nc2ccc(SCC(=O)c3ccc(Cl)c(Cl)c3)cc2)cc1. The van der Waals surface area contributed by atoms with Crippen LogP contribution >= 0.6 is 35.0 Å². The Labute approximate surface area is 252 Å². The molecular weight excluding hydrogens is 579 g/mol. The number of thioether (sulfide) groups is 1. The molecule has 0 aromatic heterocycles. The first-order valence-corrected chi connectivity index (χ1v) is 14.4. The van der Waals surface area contributed by atoms with Gasteiger partial charge in [-0.3, -0.25) is 14.4 Å². The second kappa shape index (κ2) is 14.6. The van der Waals surface area contributed by atoms with Crippen LogP contribution in [0.3, 0.4) is 0 Å². The fourth-order valence-corrected chi connectivity index (χ4v) is 4.76. The topological polar surface area (TPSA) is 84.5 Å². The van der Waals surface area contributed by atoms with E-state index >= 15 is 0 Å². The van der Waals surface area contributed by atoms with Gasteiger partial charge < -0.3 is 15.4 Å². The van der Waals surface area contributed by atoms with Crippen LogP contribution in [0.2, 0.25) is 10.0 Å². The molecule has 0 fully saturated rings. The number of benzene rings is 4. The number of hydrogen-bond acceptors (Lipinski definition) is 5. The van der Waals surface area contributed by atoms with E-state index in [9.17, 15) is 14.4 Å². The van der Waals surface area contributed by atoms with E-state index in [1.54, 1.807) is 97.1 Å². The third kappa shape index (κ3) is 8.72. The van der Waals surface area contributed by atoms with Gasteiger partial charge in [0.1, 0.15) is 11.4 Å². The monoisotopic (exact) mass is 604 g/mol. The van der Waals surface area contributed by atoms with Crippen molar-refractivity contribution in [3.8, 4) is 5.75 Å². The summed E-state index contributed by atoms with van der Waals surface area (Å²) in [6.07, 6.45) is 1.60. The minimum absolute atomic E-state index is 0.0775. The Morgan fingerprint density at radius 2 is 1.54 bits per heavy atom. The number of anilines is 1. The van der Waals surface area contributed by atoms with Gasteiger partial charge in [0.25, 0.3) is 11.8 Å². The van der Waals surface area contributed by atoms with Crippen molar-refractivity contribution < 1.29 is 19.1 Å². The van der Waals surface area contributed by atoms with Crippen molar-refractivity contribution in [1.82, 2.24) is 5.32 Å². The average Bonchev–Trinajstić information content (AvgIpc) is 2.99. The van der Waals surface area contributed by atoms with E-state index in [1.807, 2.05) is 13.0 Å². The molecule has 0 radical (unpaired) electrons. The van der Waals surface area contributed by atoms with Crippen molar-refractivity contribution >= 4 is 64.3 Å². The highest BCUT2D eigenvalue weighted by atomic mass is 35.5. The summed E-state index contributed by atoms with van der Waals surface area (Å²) in [6.45, 7) is 2.44. The lowest BCUT2D eigenvalue weighted by atomic mass is 10.1. The summed E-state index contributed by atoms with van der Waals surface area (Å²) in [5.74, 6) is -0.0519. The zero-order valence-corrected chi connectivity index (χ0v) is 24.4. The van der Waals surface area contributed by atoms with Gasteiger partial charge in [-0.05, 0) is 85.3 Å². The van der Waals surface area contributed by atoms with Gasteiger partial charge >= 0.3 is 0 Å². The van der Waals surface area contributed by atoms with Gasteiger partial charge in [0, 0.05) is 21.7 Å². The zero-order valence-electron chi connectivity index (χ0n) is 22.0. The molecule has 2 N–H and O–H groups in total. The van der Waals surface area contributed by atoms with Crippen LogP contribution in [0, 0.1) is 0 Å². The summed E-state index contributed by atoms with van der Waals surface area (Å²) in [6, 6.07) is 27.7. The standard InChI is InChI=1S/C32H26Cl2N2O4S/c1-2-40-25-13-8-21(9-14-25)18-29(36-31(38)22-6-4-3-5-7-22)32(39)35-24-11-15-26(16-12-24)41-20-30(37)23-10-17-27(33)28(34)19-23/h3-19H,2,20H2,1H3,(H,35,39)(H,36,38)/b29-18-. The van der Waals surface area contributed by atoms with Crippen LogP contribution in [0.5, 0.6) is 5.75 Å². The van der Waals surface area contributed by atoms with Crippen LogP contribution in [-0.4, -0.2) is 30.0 Å². The first-order valence-electron chi connectivity index (χ1n) is 12.7.